The van der Waals surface area contributed by atoms with Crippen LogP contribution in [0.2, 0.25) is 0 Å². The summed E-state index contributed by atoms with van der Waals surface area (Å²) in [7, 11) is -3.50. The van der Waals surface area contributed by atoms with Gasteiger partial charge >= 0.3 is 0 Å². The zero-order chi connectivity index (χ0) is 11.4. The smallest absolute Gasteiger partial charge is 0.277 e. The molecule has 0 saturated carbocycles. The fraction of sp³-hybridized carbons (Fsp3) is 1.00. The Labute approximate surface area is 86.1 Å². The first-order chi connectivity index (χ1) is 6.28. The van der Waals surface area contributed by atoms with Crippen LogP contribution in [0.4, 0.5) is 0 Å². The van der Waals surface area contributed by atoms with Crippen LogP contribution in [0.5, 0.6) is 0 Å². The lowest BCUT2D eigenvalue weighted by Crippen LogP contribution is -2.48. The van der Waals surface area contributed by atoms with Crippen LogP contribution < -0.4 is 9.44 Å². The molecule has 1 atom stereocenters. The minimum Gasteiger partial charge on any atom is -0.395 e. The molecule has 1 unspecified atom stereocenters. The normalized spacial score (nSPS) is 15.1. The molecule has 0 aliphatic rings. The fourth-order valence-electron chi connectivity index (χ4n) is 0.928. The van der Waals surface area contributed by atoms with Gasteiger partial charge in [0, 0.05) is 12.1 Å². The maximum Gasteiger partial charge on any atom is 0.277 e. The molecule has 6 heteroatoms. The summed E-state index contributed by atoms with van der Waals surface area (Å²) in [4.78, 5) is 0. The van der Waals surface area contributed by atoms with Crippen LogP contribution in [-0.4, -0.2) is 32.2 Å². The third-order valence-corrected chi connectivity index (χ3v) is 3.09. The van der Waals surface area contributed by atoms with E-state index in [1.54, 1.807) is 13.8 Å². The maximum absolute atomic E-state index is 11.4. The van der Waals surface area contributed by atoms with E-state index in [1.165, 1.54) is 0 Å². The van der Waals surface area contributed by atoms with Crippen molar-refractivity contribution in [2.24, 2.45) is 5.92 Å². The monoisotopic (exact) mass is 224 g/mol. The Balaban J connectivity index is 4.33. The molecule has 86 valence electrons. The zero-order valence-corrected chi connectivity index (χ0v) is 9.93. The van der Waals surface area contributed by atoms with Gasteiger partial charge in [0.05, 0.1) is 6.61 Å². The highest BCUT2D eigenvalue weighted by Crippen LogP contribution is 2.01. The second kappa shape index (κ2) is 5.65. The van der Waals surface area contributed by atoms with Crippen molar-refractivity contribution in [1.29, 1.82) is 0 Å². The molecule has 0 aromatic rings. The standard InChI is InChI=1S/C8H20N2O3S/c1-6(2)8(5-11)10-14(12,13)9-7(3)4/h6-11H,5H2,1-4H3. The molecule has 0 saturated heterocycles. The summed E-state index contributed by atoms with van der Waals surface area (Å²) in [6.07, 6.45) is 0. The highest BCUT2D eigenvalue weighted by Gasteiger charge is 2.20. The molecule has 3 N–H and O–H groups in total. The number of nitrogens with one attached hydrogen (secondary N) is 2. The highest BCUT2D eigenvalue weighted by atomic mass is 32.2. The van der Waals surface area contributed by atoms with Crippen LogP contribution in [0.3, 0.4) is 0 Å². The molecule has 0 fully saturated rings. The van der Waals surface area contributed by atoms with E-state index < -0.39 is 16.3 Å². The Morgan fingerprint density at radius 2 is 1.64 bits per heavy atom. The van der Waals surface area contributed by atoms with Gasteiger partial charge in [0.15, 0.2) is 0 Å². The van der Waals surface area contributed by atoms with E-state index in [0.717, 1.165) is 0 Å². The average molecular weight is 224 g/mol. The predicted molar refractivity (Wildman–Crippen MR) is 56.0 cm³/mol. The predicted octanol–water partition coefficient (Wildman–Crippen LogP) is -0.164. The Kier molecular flexibility index (Phi) is 5.58. The van der Waals surface area contributed by atoms with Gasteiger partial charge in [-0.25, -0.2) is 0 Å². The van der Waals surface area contributed by atoms with Gasteiger partial charge in [-0.15, -0.1) is 0 Å². The van der Waals surface area contributed by atoms with Crippen LogP contribution in [0.15, 0.2) is 0 Å². The Hall–Kier alpha value is -0.170. The van der Waals surface area contributed by atoms with Crippen molar-refractivity contribution in [3.63, 3.8) is 0 Å². The summed E-state index contributed by atoms with van der Waals surface area (Å²) < 4.78 is 27.5. The molecule has 0 aliphatic heterocycles. The first kappa shape index (κ1) is 13.8. The quantitative estimate of drug-likeness (QED) is 0.586. The molecular weight excluding hydrogens is 204 g/mol. The molecule has 0 radical (unpaired) electrons. The van der Waals surface area contributed by atoms with Crippen LogP contribution in [-0.2, 0) is 10.2 Å². The highest BCUT2D eigenvalue weighted by molar-refractivity contribution is 7.87. The average Bonchev–Trinajstić information content (AvgIpc) is 1.97. The summed E-state index contributed by atoms with van der Waals surface area (Å²) in [6, 6.07) is -0.592. The minimum atomic E-state index is -3.50. The van der Waals surface area contributed by atoms with Gasteiger partial charge in [-0.3, -0.25) is 0 Å². The van der Waals surface area contributed by atoms with E-state index >= 15 is 0 Å². The Morgan fingerprint density at radius 3 is 1.93 bits per heavy atom. The molecule has 0 bridgehead atoms. The second-order valence-corrected chi connectivity index (χ2v) is 5.41. The van der Waals surface area contributed by atoms with Crippen LogP contribution in [0, 0.1) is 5.92 Å². The summed E-state index contributed by atoms with van der Waals surface area (Å²) >= 11 is 0. The van der Waals surface area contributed by atoms with Crippen molar-refractivity contribution in [2.45, 2.75) is 39.8 Å². The van der Waals surface area contributed by atoms with Gasteiger partial charge in [-0.2, -0.15) is 17.9 Å². The number of hydrogen-bond donors (Lipinski definition) is 3. The zero-order valence-electron chi connectivity index (χ0n) is 9.11. The molecule has 0 rings (SSSR count). The summed E-state index contributed by atoms with van der Waals surface area (Å²) in [5, 5.41) is 8.94. The largest absolute Gasteiger partial charge is 0.395 e. The van der Waals surface area contributed by atoms with Crippen molar-refractivity contribution >= 4 is 10.2 Å². The van der Waals surface area contributed by atoms with Gasteiger partial charge in [0.2, 0.25) is 0 Å². The second-order valence-electron chi connectivity index (χ2n) is 3.93. The number of hydrogen-bond acceptors (Lipinski definition) is 3. The van der Waals surface area contributed by atoms with Crippen molar-refractivity contribution in [1.82, 2.24) is 9.44 Å². The van der Waals surface area contributed by atoms with Crippen molar-refractivity contribution < 1.29 is 13.5 Å². The minimum absolute atomic E-state index is 0.0590. The van der Waals surface area contributed by atoms with E-state index in [1.807, 2.05) is 13.8 Å². The van der Waals surface area contributed by atoms with Crippen molar-refractivity contribution in [2.75, 3.05) is 6.61 Å². The van der Waals surface area contributed by atoms with Gasteiger partial charge in [-0.05, 0) is 19.8 Å². The molecule has 0 spiro atoms. The molecule has 14 heavy (non-hydrogen) atoms. The topological polar surface area (TPSA) is 78.4 Å². The van der Waals surface area contributed by atoms with E-state index in [0.29, 0.717) is 0 Å². The third kappa shape index (κ3) is 5.54. The van der Waals surface area contributed by atoms with E-state index in [2.05, 4.69) is 9.44 Å². The van der Waals surface area contributed by atoms with Gasteiger partial charge in [0.25, 0.3) is 10.2 Å². The lowest BCUT2D eigenvalue weighted by atomic mass is 10.1. The molecule has 0 aromatic heterocycles. The summed E-state index contributed by atoms with van der Waals surface area (Å²) in [5.74, 6) is 0.0590. The molecule has 0 amide bonds. The maximum atomic E-state index is 11.4. The van der Waals surface area contributed by atoms with Crippen LogP contribution in [0.25, 0.3) is 0 Å². The number of aliphatic hydroxyl groups excluding tert-OH is 1. The SMILES string of the molecule is CC(C)NS(=O)(=O)NC(CO)C(C)C. The molecule has 5 nitrogen and oxygen atoms in total. The van der Waals surface area contributed by atoms with E-state index in [9.17, 15) is 8.42 Å². The summed E-state index contributed by atoms with van der Waals surface area (Å²) in [6.45, 7) is 6.97. The first-order valence-corrected chi connectivity index (χ1v) is 6.17. The molecule has 0 heterocycles. The Bertz CT molecular complexity index is 249. The van der Waals surface area contributed by atoms with Crippen LogP contribution in [0.1, 0.15) is 27.7 Å². The van der Waals surface area contributed by atoms with Crippen LogP contribution >= 0.6 is 0 Å². The van der Waals surface area contributed by atoms with E-state index in [-0.39, 0.29) is 18.6 Å². The van der Waals surface area contributed by atoms with Crippen molar-refractivity contribution in [3.05, 3.63) is 0 Å². The van der Waals surface area contributed by atoms with E-state index in [4.69, 9.17) is 5.11 Å². The lowest BCUT2D eigenvalue weighted by Gasteiger charge is -2.20. The first-order valence-electron chi connectivity index (χ1n) is 4.69. The third-order valence-electron chi connectivity index (χ3n) is 1.70. The summed E-state index contributed by atoms with van der Waals surface area (Å²) in [5.41, 5.74) is 0. The number of rotatable bonds is 6. The molecule has 0 aromatic carbocycles. The fourth-order valence-corrected chi connectivity index (χ4v) is 2.36. The van der Waals surface area contributed by atoms with Gasteiger partial charge in [-0.1, -0.05) is 13.8 Å². The molecular formula is C8H20N2O3S. The lowest BCUT2D eigenvalue weighted by molar-refractivity contribution is 0.227. The van der Waals surface area contributed by atoms with Gasteiger partial charge < -0.3 is 5.11 Å². The molecule has 0 aliphatic carbocycles. The number of aliphatic hydroxyl groups is 1. The van der Waals surface area contributed by atoms with Gasteiger partial charge in [0.1, 0.15) is 0 Å². The Morgan fingerprint density at radius 1 is 1.14 bits per heavy atom. The van der Waals surface area contributed by atoms with Crippen molar-refractivity contribution in [3.8, 4) is 0 Å².